The van der Waals surface area contributed by atoms with Gasteiger partial charge in [-0.25, -0.2) is 9.97 Å². The summed E-state index contributed by atoms with van der Waals surface area (Å²) in [5.41, 5.74) is 6.98. The molecule has 1 atom stereocenters. The van der Waals surface area contributed by atoms with Crippen molar-refractivity contribution in [2.45, 2.75) is 46.8 Å². The molecule has 1 aromatic heterocycles. The first-order chi connectivity index (χ1) is 14.1. The molecule has 0 amide bonds. The van der Waals surface area contributed by atoms with E-state index >= 15 is 0 Å². The van der Waals surface area contributed by atoms with Crippen LogP contribution in [0.3, 0.4) is 0 Å². The predicted molar refractivity (Wildman–Crippen MR) is 115 cm³/mol. The maximum atomic E-state index is 13.1. The average molecular weight is 420 g/mol. The van der Waals surface area contributed by atoms with Crippen LogP contribution in [0, 0.1) is 13.8 Å². The van der Waals surface area contributed by atoms with E-state index < -0.39 is 17.8 Å². The molecule has 3 aromatic rings. The van der Waals surface area contributed by atoms with Gasteiger partial charge in [-0.05, 0) is 56.2 Å². The van der Waals surface area contributed by atoms with Crippen molar-refractivity contribution in [3.63, 3.8) is 0 Å². The van der Waals surface area contributed by atoms with E-state index in [-0.39, 0.29) is 5.69 Å². The minimum atomic E-state index is -4.46. The summed E-state index contributed by atoms with van der Waals surface area (Å²) in [6, 6.07) is 6.80. The van der Waals surface area contributed by atoms with Gasteiger partial charge in [0.2, 0.25) is 0 Å². The number of nitrogens with zero attached hydrogens (tertiary/aromatic N) is 2. The number of halogens is 3. The van der Waals surface area contributed by atoms with E-state index in [4.69, 9.17) is 10.5 Å². The predicted octanol–water partition coefficient (Wildman–Crippen LogP) is 6.06. The Morgan fingerprint density at radius 3 is 2.30 bits per heavy atom. The fraction of sp³-hybridized carbons (Fsp3) is 0.364. The van der Waals surface area contributed by atoms with Gasteiger partial charge in [0.05, 0.1) is 24.2 Å². The summed E-state index contributed by atoms with van der Waals surface area (Å²) in [6.45, 7) is 9.41. The zero-order valence-electron chi connectivity index (χ0n) is 18.0. The number of nitrogens with one attached hydrogen (secondary N) is 1. The maximum Gasteiger partial charge on any atom is 0.416 e. The summed E-state index contributed by atoms with van der Waals surface area (Å²) in [5.74, 6) is 1.78. The van der Waals surface area contributed by atoms with Gasteiger partial charge in [-0.1, -0.05) is 13.8 Å². The minimum Gasteiger partial charge on any atom is -0.496 e. The monoisotopic (exact) mass is 420 g/mol. The third-order valence-electron chi connectivity index (χ3n) is 4.48. The lowest BCUT2D eigenvalue weighted by atomic mass is 10.0. The Morgan fingerprint density at radius 1 is 1.03 bits per heavy atom. The summed E-state index contributed by atoms with van der Waals surface area (Å²) in [5, 5.41) is 3.96. The Bertz CT molecular complexity index is 1040. The Balaban J connectivity index is 0.00000155. The lowest BCUT2D eigenvalue weighted by Crippen LogP contribution is -2.13. The van der Waals surface area contributed by atoms with Gasteiger partial charge in [-0.15, -0.1) is 0 Å². The fourth-order valence-electron chi connectivity index (χ4n) is 3.09. The molecule has 0 aliphatic rings. The highest BCUT2D eigenvalue weighted by atomic mass is 19.4. The van der Waals surface area contributed by atoms with E-state index in [0.29, 0.717) is 28.5 Å². The van der Waals surface area contributed by atoms with Crippen LogP contribution >= 0.6 is 0 Å². The van der Waals surface area contributed by atoms with E-state index in [1.807, 2.05) is 32.9 Å². The Kier molecular flexibility index (Phi) is 7.12. The van der Waals surface area contributed by atoms with E-state index in [9.17, 15) is 13.2 Å². The average Bonchev–Trinajstić information content (AvgIpc) is 2.68. The number of hydrogen-bond acceptors (Lipinski definition) is 5. The molecule has 0 unspecified atom stereocenters. The number of benzene rings is 2. The lowest BCUT2D eigenvalue weighted by Gasteiger charge is -2.19. The molecule has 0 saturated carbocycles. The van der Waals surface area contributed by atoms with Crippen LogP contribution in [-0.2, 0) is 6.18 Å². The molecule has 0 bridgehead atoms. The van der Waals surface area contributed by atoms with Crippen LogP contribution < -0.4 is 15.8 Å². The Morgan fingerprint density at radius 2 is 1.70 bits per heavy atom. The number of aryl methyl sites for hydroxylation is 2. The van der Waals surface area contributed by atoms with Crippen molar-refractivity contribution in [3.05, 3.63) is 52.8 Å². The molecular weight excluding hydrogens is 393 g/mol. The van der Waals surface area contributed by atoms with Crippen molar-refractivity contribution in [1.29, 1.82) is 0 Å². The normalized spacial score (nSPS) is 12.2. The SMILES string of the molecule is CC.COc1cc2nc(C)nc(N[C@H](C)c3cc(N)cc(C(F)(F)F)c3)c2cc1C. The molecular formula is C22H27F3N4O. The highest BCUT2D eigenvalue weighted by Crippen LogP contribution is 2.34. The number of hydrogen-bond donors (Lipinski definition) is 2. The first-order valence-corrected chi connectivity index (χ1v) is 9.65. The van der Waals surface area contributed by atoms with Crippen LogP contribution in [0.4, 0.5) is 24.7 Å². The summed E-state index contributed by atoms with van der Waals surface area (Å²) in [6.07, 6.45) is -4.46. The van der Waals surface area contributed by atoms with E-state index in [2.05, 4.69) is 15.3 Å². The number of nitrogens with two attached hydrogens (primary N) is 1. The second-order valence-electron chi connectivity index (χ2n) is 6.71. The van der Waals surface area contributed by atoms with Crippen LogP contribution in [0.15, 0.2) is 30.3 Å². The third kappa shape index (κ3) is 5.11. The van der Waals surface area contributed by atoms with Crippen LogP contribution in [0.1, 0.15) is 49.3 Å². The van der Waals surface area contributed by atoms with Gasteiger partial charge in [0.15, 0.2) is 0 Å². The number of rotatable bonds is 4. The molecule has 3 N–H and O–H groups in total. The molecule has 5 nitrogen and oxygen atoms in total. The molecule has 0 spiro atoms. The van der Waals surface area contributed by atoms with Crippen molar-refractivity contribution in [2.75, 3.05) is 18.2 Å². The van der Waals surface area contributed by atoms with Gasteiger partial charge in [-0.3, -0.25) is 0 Å². The molecule has 0 fully saturated rings. The largest absolute Gasteiger partial charge is 0.496 e. The molecule has 0 radical (unpaired) electrons. The van der Waals surface area contributed by atoms with Gasteiger partial charge in [0.1, 0.15) is 17.4 Å². The first kappa shape index (κ1) is 23.3. The summed E-state index contributed by atoms with van der Waals surface area (Å²) in [7, 11) is 1.58. The molecule has 0 aliphatic carbocycles. The maximum absolute atomic E-state index is 13.1. The first-order valence-electron chi connectivity index (χ1n) is 9.65. The topological polar surface area (TPSA) is 73.1 Å². The third-order valence-corrected chi connectivity index (χ3v) is 4.48. The number of ether oxygens (including phenoxy) is 1. The van der Waals surface area contributed by atoms with Crippen LogP contribution in [0.25, 0.3) is 10.9 Å². The van der Waals surface area contributed by atoms with Crippen molar-refractivity contribution in [2.24, 2.45) is 0 Å². The smallest absolute Gasteiger partial charge is 0.416 e. The number of aromatic nitrogens is 2. The van der Waals surface area contributed by atoms with Crippen molar-refractivity contribution >= 4 is 22.4 Å². The van der Waals surface area contributed by atoms with E-state index in [1.165, 1.54) is 6.07 Å². The van der Waals surface area contributed by atoms with Crippen molar-refractivity contribution in [3.8, 4) is 5.75 Å². The number of nitrogen functional groups attached to an aromatic ring is 1. The van der Waals surface area contributed by atoms with Crippen LogP contribution in [0.2, 0.25) is 0 Å². The molecule has 30 heavy (non-hydrogen) atoms. The van der Waals surface area contributed by atoms with Gasteiger partial charge >= 0.3 is 6.18 Å². The Hall–Kier alpha value is -3.03. The van der Waals surface area contributed by atoms with Crippen LogP contribution in [-0.4, -0.2) is 17.1 Å². The summed E-state index contributed by atoms with van der Waals surface area (Å²) >= 11 is 0. The summed E-state index contributed by atoms with van der Waals surface area (Å²) < 4.78 is 44.7. The van der Waals surface area contributed by atoms with Crippen LogP contribution in [0.5, 0.6) is 5.75 Å². The highest BCUT2D eigenvalue weighted by molar-refractivity contribution is 5.91. The van der Waals surface area contributed by atoms with Gasteiger partial charge in [0.25, 0.3) is 0 Å². The zero-order chi connectivity index (χ0) is 22.6. The molecule has 1 heterocycles. The fourth-order valence-corrected chi connectivity index (χ4v) is 3.09. The molecule has 8 heteroatoms. The number of methoxy groups -OCH3 is 1. The highest BCUT2D eigenvalue weighted by Gasteiger charge is 2.31. The molecule has 2 aromatic carbocycles. The summed E-state index contributed by atoms with van der Waals surface area (Å²) in [4.78, 5) is 8.87. The molecule has 0 saturated heterocycles. The number of anilines is 2. The van der Waals surface area contributed by atoms with E-state index in [1.54, 1.807) is 21.0 Å². The van der Waals surface area contributed by atoms with Gasteiger partial charge in [0, 0.05) is 17.1 Å². The molecule has 3 rings (SSSR count). The Labute approximate surface area is 174 Å². The second kappa shape index (κ2) is 9.19. The standard InChI is InChI=1S/C20H21F3N4O.C2H6/c1-10-5-16-17(9-18(10)28-4)26-12(3)27-19(16)25-11(2)13-6-14(20(21,22)23)8-15(24)7-13;1-2/h5-9,11H,24H2,1-4H3,(H,25,26,27);1-2H3/t11-;/m1./s1. The minimum absolute atomic E-state index is 0.0581. The second-order valence-corrected chi connectivity index (χ2v) is 6.71. The number of fused-ring (bicyclic) bond motifs is 1. The van der Waals surface area contributed by atoms with Crippen molar-refractivity contribution < 1.29 is 17.9 Å². The quantitative estimate of drug-likeness (QED) is 0.502. The van der Waals surface area contributed by atoms with Gasteiger partial charge < -0.3 is 15.8 Å². The van der Waals surface area contributed by atoms with Crippen molar-refractivity contribution in [1.82, 2.24) is 9.97 Å². The van der Waals surface area contributed by atoms with Gasteiger partial charge in [-0.2, -0.15) is 13.2 Å². The number of alkyl halides is 3. The van der Waals surface area contributed by atoms with E-state index in [0.717, 1.165) is 23.1 Å². The molecule has 162 valence electrons. The lowest BCUT2D eigenvalue weighted by molar-refractivity contribution is -0.137. The zero-order valence-corrected chi connectivity index (χ0v) is 18.0. The molecule has 0 aliphatic heterocycles.